The zero-order valence-electron chi connectivity index (χ0n) is 15.1. The highest BCUT2D eigenvalue weighted by atomic mass is 16.6. The lowest BCUT2D eigenvalue weighted by molar-refractivity contribution is -0.385. The molecule has 0 saturated carbocycles. The predicted molar refractivity (Wildman–Crippen MR) is 100 cm³/mol. The Hall–Kier alpha value is -3.23. The molecule has 27 heavy (non-hydrogen) atoms. The second kappa shape index (κ2) is 8.43. The SMILES string of the molecule is CCOC(=O)c1cc(N2CCCN(c3cccnn3)CC2)ccc1[N+](=O)[O-]. The van der Waals surface area contributed by atoms with Crippen molar-refractivity contribution in [1.82, 2.24) is 10.2 Å². The Labute approximate surface area is 156 Å². The first-order valence-corrected chi connectivity index (χ1v) is 8.83. The minimum absolute atomic E-state index is 0.0191. The molecule has 0 amide bonds. The number of esters is 1. The number of carbonyl (C=O) groups excluding carboxylic acids is 1. The third-order valence-corrected chi connectivity index (χ3v) is 4.42. The molecule has 0 aliphatic carbocycles. The minimum Gasteiger partial charge on any atom is -0.462 e. The van der Waals surface area contributed by atoms with Crippen molar-refractivity contribution in [3.63, 3.8) is 0 Å². The summed E-state index contributed by atoms with van der Waals surface area (Å²) in [6, 6.07) is 8.38. The molecule has 1 aliphatic heterocycles. The third kappa shape index (κ3) is 4.30. The summed E-state index contributed by atoms with van der Waals surface area (Å²) >= 11 is 0. The highest BCUT2D eigenvalue weighted by molar-refractivity contribution is 5.95. The van der Waals surface area contributed by atoms with E-state index >= 15 is 0 Å². The molecule has 0 atom stereocenters. The van der Waals surface area contributed by atoms with Crippen LogP contribution in [0.5, 0.6) is 0 Å². The van der Waals surface area contributed by atoms with Crippen LogP contribution in [0.4, 0.5) is 17.2 Å². The van der Waals surface area contributed by atoms with Crippen LogP contribution in [0.25, 0.3) is 0 Å². The molecule has 0 N–H and O–H groups in total. The van der Waals surface area contributed by atoms with Crippen LogP contribution in [0.15, 0.2) is 36.5 Å². The number of nitrogens with zero attached hydrogens (tertiary/aromatic N) is 5. The number of nitro groups is 1. The molecular weight excluding hydrogens is 350 g/mol. The van der Waals surface area contributed by atoms with Crippen molar-refractivity contribution in [3.8, 4) is 0 Å². The van der Waals surface area contributed by atoms with Gasteiger partial charge in [0.15, 0.2) is 5.82 Å². The van der Waals surface area contributed by atoms with E-state index in [1.807, 2.05) is 12.1 Å². The number of carbonyl (C=O) groups is 1. The normalized spacial score (nSPS) is 14.6. The number of hydrogen-bond donors (Lipinski definition) is 0. The monoisotopic (exact) mass is 371 g/mol. The summed E-state index contributed by atoms with van der Waals surface area (Å²) in [5.41, 5.74) is 0.507. The fraction of sp³-hybridized carbons (Fsp3) is 0.389. The molecule has 9 nitrogen and oxygen atoms in total. The van der Waals surface area contributed by atoms with Crippen molar-refractivity contribution in [2.45, 2.75) is 13.3 Å². The van der Waals surface area contributed by atoms with Crippen molar-refractivity contribution in [2.75, 3.05) is 42.6 Å². The molecule has 0 spiro atoms. The zero-order valence-corrected chi connectivity index (χ0v) is 15.1. The van der Waals surface area contributed by atoms with Gasteiger partial charge in [-0.2, -0.15) is 5.10 Å². The van der Waals surface area contributed by atoms with E-state index in [-0.39, 0.29) is 17.9 Å². The van der Waals surface area contributed by atoms with Gasteiger partial charge in [-0.05, 0) is 37.6 Å². The van der Waals surface area contributed by atoms with E-state index in [9.17, 15) is 14.9 Å². The van der Waals surface area contributed by atoms with Gasteiger partial charge in [-0.25, -0.2) is 4.79 Å². The van der Waals surface area contributed by atoms with Gasteiger partial charge in [0.2, 0.25) is 0 Å². The van der Waals surface area contributed by atoms with E-state index in [1.165, 1.54) is 6.07 Å². The van der Waals surface area contributed by atoms with E-state index < -0.39 is 10.9 Å². The summed E-state index contributed by atoms with van der Waals surface area (Å²) < 4.78 is 4.98. The Bertz CT molecular complexity index is 815. The van der Waals surface area contributed by atoms with Gasteiger partial charge in [0, 0.05) is 44.1 Å². The maximum Gasteiger partial charge on any atom is 0.345 e. The van der Waals surface area contributed by atoms with E-state index in [0.29, 0.717) is 6.54 Å². The van der Waals surface area contributed by atoms with Crippen molar-refractivity contribution in [1.29, 1.82) is 0 Å². The molecular formula is C18H21N5O4. The highest BCUT2D eigenvalue weighted by Crippen LogP contribution is 2.27. The van der Waals surface area contributed by atoms with Crippen LogP contribution in [0.3, 0.4) is 0 Å². The Balaban J connectivity index is 1.80. The number of rotatable bonds is 5. The van der Waals surface area contributed by atoms with E-state index in [0.717, 1.165) is 37.6 Å². The molecule has 3 rings (SSSR count). The van der Waals surface area contributed by atoms with Gasteiger partial charge in [0.25, 0.3) is 5.69 Å². The molecule has 1 aliphatic rings. The summed E-state index contributed by atoms with van der Waals surface area (Å²) in [4.78, 5) is 27.1. The molecule has 2 aromatic rings. The quantitative estimate of drug-likeness (QED) is 0.448. The van der Waals surface area contributed by atoms with Gasteiger partial charge in [0.05, 0.1) is 11.5 Å². The molecule has 0 radical (unpaired) electrons. The lowest BCUT2D eigenvalue weighted by Crippen LogP contribution is -2.31. The number of hydrogen-bond acceptors (Lipinski definition) is 8. The number of ether oxygens (including phenoxy) is 1. The van der Waals surface area contributed by atoms with Crippen molar-refractivity contribution in [3.05, 3.63) is 52.2 Å². The van der Waals surface area contributed by atoms with Crippen LogP contribution in [0, 0.1) is 10.1 Å². The Morgan fingerprint density at radius 2 is 2.00 bits per heavy atom. The summed E-state index contributed by atoms with van der Waals surface area (Å²) in [7, 11) is 0. The maximum absolute atomic E-state index is 12.1. The molecule has 1 saturated heterocycles. The lowest BCUT2D eigenvalue weighted by atomic mass is 10.1. The molecule has 0 bridgehead atoms. The average Bonchev–Trinajstić information content (AvgIpc) is 2.94. The molecule has 9 heteroatoms. The lowest BCUT2D eigenvalue weighted by Gasteiger charge is -2.24. The molecule has 1 aromatic carbocycles. The second-order valence-corrected chi connectivity index (χ2v) is 6.09. The Morgan fingerprint density at radius 3 is 2.70 bits per heavy atom. The molecule has 2 heterocycles. The maximum atomic E-state index is 12.1. The topological polar surface area (TPSA) is 102 Å². The summed E-state index contributed by atoms with van der Waals surface area (Å²) in [5.74, 6) is 0.150. The summed E-state index contributed by atoms with van der Waals surface area (Å²) in [6.07, 6.45) is 2.53. The van der Waals surface area contributed by atoms with Crippen LogP contribution >= 0.6 is 0 Å². The van der Waals surface area contributed by atoms with E-state index in [4.69, 9.17) is 4.74 Å². The number of aromatic nitrogens is 2. The van der Waals surface area contributed by atoms with Crippen LogP contribution < -0.4 is 9.80 Å². The fourth-order valence-corrected chi connectivity index (χ4v) is 3.12. The Morgan fingerprint density at radius 1 is 1.22 bits per heavy atom. The van der Waals surface area contributed by atoms with E-state index in [2.05, 4.69) is 20.0 Å². The number of benzene rings is 1. The first kappa shape index (κ1) is 18.6. The number of nitro benzene ring substituents is 1. The predicted octanol–water partition coefficient (Wildman–Crippen LogP) is 2.28. The largest absolute Gasteiger partial charge is 0.462 e. The minimum atomic E-state index is -0.679. The van der Waals surface area contributed by atoms with Crippen LogP contribution in [0.1, 0.15) is 23.7 Å². The number of anilines is 2. The average molecular weight is 371 g/mol. The second-order valence-electron chi connectivity index (χ2n) is 6.09. The molecule has 1 aromatic heterocycles. The van der Waals surface area contributed by atoms with Crippen molar-refractivity contribution >= 4 is 23.2 Å². The Kier molecular flexibility index (Phi) is 5.80. The van der Waals surface area contributed by atoms with Gasteiger partial charge >= 0.3 is 5.97 Å². The third-order valence-electron chi connectivity index (χ3n) is 4.42. The molecule has 142 valence electrons. The van der Waals surface area contributed by atoms with Gasteiger partial charge in [-0.1, -0.05) is 0 Å². The van der Waals surface area contributed by atoms with Crippen molar-refractivity contribution < 1.29 is 14.5 Å². The van der Waals surface area contributed by atoms with Gasteiger partial charge in [-0.3, -0.25) is 10.1 Å². The smallest absolute Gasteiger partial charge is 0.345 e. The van der Waals surface area contributed by atoms with Crippen LogP contribution in [0.2, 0.25) is 0 Å². The standard InChI is InChI=1S/C18H21N5O4/c1-2-27-18(24)15-13-14(6-7-16(15)23(25)26)21-9-4-10-22(12-11-21)17-5-3-8-19-20-17/h3,5-8,13H,2,4,9-12H2,1H3. The van der Waals surface area contributed by atoms with E-state index in [1.54, 1.807) is 25.3 Å². The van der Waals surface area contributed by atoms with Gasteiger partial charge in [0.1, 0.15) is 5.56 Å². The molecule has 1 fully saturated rings. The van der Waals surface area contributed by atoms with Crippen LogP contribution in [-0.2, 0) is 4.74 Å². The fourth-order valence-electron chi connectivity index (χ4n) is 3.12. The molecule has 0 unspecified atom stereocenters. The van der Waals surface area contributed by atoms with Crippen molar-refractivity contribution in [2.24, 2.45) is 0 Å². The first-order chi connectivity index (χ1) is 13.1. The zero-order chi connectivity index (χ0) is 19.2. The highest BCUT2D eigenvalue weighted by Gasteiger charge is 2.24. The van der Waals surface area contributed by atoms with Gasteiger partial charge < -0.3 is 14.5 Å². The summed E-state index contributed by atoms with van der Waals surface area (Å²) in [6.45, 7) is 4.89. The van der Waals surface area contributed by atoms with Crippen LogP contribution in [-0.4, -0.2) is 53.9 Å². The first-order valence-electron chi connectivity index (χ1n) is 8.83. The van der Waals surface area contributed by atoms with Gasteiger partial charge in [-0.15, -0.1) is 5.10 Å². The summed E-state index contributed by atoms with van der Waals surface area (Å²) in [5, 5.41) is 19.3.